The van der Waals surface area contributed by atoms with Crippen LogP contribution in [0, 0.1) is 6.92 Å². The highest BCUT2D eigenvalue weighted by Crippen LogP contribution is 2.29. The fraction of sp³-hybridized carbons (Fsp3) is 0.417. The number of rotatable bonds is 6. The average Bonchev–Trinajstić information content (AvgIpc) is 3.03. The highest BCUT2D eigenvalue weighted by molar-refractivity contribution is 5.94. The van der Waals surface area contributed by atoms with E-state index < -0.39 is 11.7 Å². The van der Waals surface area contributed by atoms with Crippen molar-refractivity contribution in [2.24, 2.45) is 0 Å². The molecule has 1 heterocycles. The van der Waals surface area contributed by atoms with Gasteiger partial charge in [0.15, 0.2) is 0 Å². The number of hydrogen-bond acceptors (Lipinski definition) is 3. The zero-order chi connectivity index (χ0) is 23.1. The van der Waals surface area contributed by atoms with E-state index in [-0.39, 0.29) is 17.4 Å². The van der Waals surface area contributed by atoms with Crippen LogP contribution in [0.1, 0.15) is 40.7 Å². The van der Waals surface area contributed by atoms with Gasteiger partial charge in [-0.05, 0) is 56.2 Å². The number of halogens is 3. The predicted octanol–water partition coefficient (Wildman–Crippen LogP) is 4.55. The van der Waals surface area contributed by atoms with Crippen LogP contribution in [0.3, 0.4) is 0 Å². The SMILES string of the molecule is Cc1ccc(OCCCC(=O)N2CCCN(C(=O)c3ccc(C(F)(F)F)cc3)CC2)cc1. The smallest absolute Gasteiger partial charge is 0.416 e. The molecule has 8 heteroatoms. The molecule has 0 radical (unpaired) electrons. The number of carbonyl (C=O) groups is 2. The topological polar surface area (TPSA) is 49.9 Å². The molecule has 0 spiro atoms. The number of nitrogens with zero attached hydrogens (tertiary/aromatic N) is 2. The van der Waals surface area contributed by atoms with Gasteiger partial charge in [-0.15, -0.1) is 0 Å². The van der Waals surface area contributed by atoms with Crippen molar-refractivity contribution in [3.05, 3.63) is 65.2 Å². The Bertz CT molecular complexity index is 912. The quantitative estimate of drug-likeness (QED) is 0.610. The molecule has 32 heavy (non-hydrogen) atoms. The molecule has 0 saturated carbocycles. The van der Waals surface area contributed by atoms with Gasteiger partial charge in [-0.1, -0.05) is 17.7 Å². The molecule has 0 unspecified atom stereocenters. The minimum absolute atomic E-state index is 0.0151. The number of ether oxygens (including phenoxy) is 1. The van der Waals surface area contributed by atoms with Crippen molar-refractivity contribution in [1.82, 2.24) is 9.80 Å². The van der Waals surface area contributed by atoms with E-state index in [1.165, 1.54) is 12.1 Å². The van der Waals surface area contributed by atoms with E-state index in [2.05, 4.69) is 0 Å². The second-order valence-electron chi connectivity index (χ2n) is 7.87. The first-order valence-electron chi connectivity index (χ1n) is 10.7. The van der Waals surface area contributed by atoms with Gasteiger partial charge in [-0.2, -0.15) is 13.2 Å². The Kier molecular flexibility index (Phi) is 7.77. The lowest BCUT2D eigenvalue weighted by Gasteiger charge is -2.22. The zero-order valence-electron chi connectivity index (χ0n) is 18.0. The summed E-state index contributed by atoms with van der Waals surface area (Å²) in [4.78, 5) is 28.6. The lowest BCUT2D eigenvalue weighted by atomic mass is 10.1. The summed E-state index contributed by atoms with van der Waals surface area (Å²) in [5.74, 6) is 0.469. The largest absolute Gasteiger partial charge is 0.494 e. The molecule has 1 aliphatic heterocycles. The lowest BCUT2D eigenvalue weighted by molar-refractivity contribution is -0.137. The number of alkyl halides is 3. The van der Waals surface area contributed by atoms with Gasteiger partial charge in [0, 0.05) is 38.2 Å². The highest BCUT2D eigenvalue weighted by Gasteiger charge is 2.30. The summed E-state index contributed by atoms with van der Waals surface area (Å²) >= 11 is 0. The van der Waals surface area contributed by atoms with E-state index in [9.17, 15) is 22.8 Å². The molecule has 1 aliphatic rings. The van der Waals surface area contributed by atoms with E-state index in [1.807, 2.05) is 31.2 Å². The fourth-order valence-corrected chi connectivity index (χ4v) is 3.56. The normalized spacial score (nSPS) is 14.8. The maximum atomic E-state index is 12.7. The summed E-state index contributed by atoms with van der Waals surface area (Å²) < 4.78 is 43.8. The summed E-state index contributed by atoms with van der Waals surface area (Å²) in [5.41, 5.74) is 0.582. The number of aryl methyl sites for hydroxylation is 1. The standard InChI is InChI=1S/C24H27F3N2O3/c1-18-5-11-21(12-6-18)32-17-2-4-22(30)28-13-3-14-29(16-15-28)23(31)19-7-9-20(10-8-19)24(25,26)27/h5-12H,2-4,13-17H2,1H3. The van der Waals surface area contributed by atoms with Crippen molar-refractivity contribution in [2.75, 3.05) is 32.8 Å². The van der Waals surface area contributed by atoms with Crippen LogP contribution in [0.25, 0.3) is 0 Å². The number of amides is 2. The van der Waals surface area contributed by atoms with Crippen molar-refractivity contribution >= 4 is 11.8 Å². The predicted molar refractivity (Wildman–Crippen MR) is 114 cm³/mol. The molecule has 2 amide bonds. The fourth-order valence-electron chi connectivity index (χ4n) is 3.56. The number of hydrogen-bond donors (Lipinski definition) is 0. The molecule has 3 rings (SSSR count). The molecule has 2 aromatic carbocycles. The van der Waals surface area contributed by atoms with Crippen LogP contribution in [-0.4, -0.2) is 54.4 Å². The van der Waals surface area contributed by atoms with Gasteiger partial charge >= 0.3 is 6.18 Å². The highest BCUT2D eigenvalue weighted by atomic mass is 19.4. The second kappa shape index (κ2) is 10.5. The maximum Gasteiger partial charge on any atom is 0.416 e. The van der Waals surface area contributed by atoms with Gasteiger partial charge in [0.25, 0.3) is 5.91 Å². The van der Waals surface area contributed by atoms with Gasteiger partial charge in [-0.3, -0.25) is 9.59 Å². The summed E-state index contributed by atoms with van der Waals surface area (Å²) in [5, 5.41) is 0. The van der Waals surface area contributed by atoms with Gasteiger partial charge in [0.1, 0.15) is 5.75 Å². The zero-order valence-corrected chi connectivity index (χ0v) is 18.0. The summed E-state index contributed by atoms with van der Waals surface area (Å²) in [6.45, 7) is 4.22. The van der Waals surface area contributed by atoms with Crippen LogP contribution < -0.4 is 4.74 Å². The molecular weight excluding hydrogens is 421 g/mol. The van der Waals surface area contributed by atoms with Crippen LogP contribution in [0.15, 0.2) is 48.5 Å². The first kappa shape index (κ1) is 23.6. The molecule has 0 atom stereocenters. The van der Waals surface area contributed by atoms with Crippen LogP contribution >= 0.6 is 0 Å². The summed E-state index contributed by atoms with van der Waals surface area (Å²) in [6, 6.07) is 12.0. The molecule has 2 aromatic rings. The van der Waals surface area contributed by atoms with Gasteiger partial charge in [0.2, 0.25) is 5.91 Å². The first-order chi connectivity index (χ1) is 15.2. The van der Waals surface area contributed by atoms with Gasteiger partial charge < -0.3 is 14.5 Å². The second-order valence-corrected chi connectivity index (χ2v) is 7.87. The third kappa shape index (κ3) is 6.48. The van der Waals surface area contributed by atoms with Crippen LogP contribution in [0.5, 0.6) is 5.75 Å². The summed E-state index contributed by atoms with van der Waals surface area (Å²) in [7, 11) is 0. The monoisotopic (exact) mass is 448 g/mol. The van der Waals surface area contributed by atoms with E-state index in [0.29, 0.717) is 52.0 Å². The molecule has 0 aromatic heterocycles. The Morgan fingerprint density at radius 3 is 2.19 bits per heavy atom. The Hall–Kier alpha value is -3.03. The van der Waals surface area contributed by atoms with Crippen molar-refractivity contribution < 1.29 is 27.5 Å². The van der Waals surface area contributed by atoms with Crippen molar-refractivity contribution in [1.29, 1.82) is 0 Å². The average molecular weight is 448 g/mol. The van der Waals surface area contributed by atoms with Crippen LogP contribution in [0.2, 0.25) is 0 Å². The minimum atomic E-state index is -4.43. The van der Waals surface area contributed by atoms with Crippen LogP contribution in [0.4, 0.5) is 13.2 Å². The molecule has 172 valence electrons. The first-order valence-corrected chi connectivity index (χ1v) is 10.7. The molecule has 0 N–H and O–H groups in total. The Morgan fingerprint density at radius 2 is 1.53 bits per heavy atom. The third-order valence-electron chi connectivity index (χ3n) is 5.42. The van der Waals surface area contributed by atoms with Crippen LogP contribution in [-0.2, 0) is 11.0 Å². The van der Waals surface area contributed by atoms with Crippen molar-refractivity contribution in [2.45, 2.75) is 32.4 Å². The lowest BCUT2D eigenvalue weighted by Crippen LogP contribution is -2.37. The maximum absolute atomic E-state index is 12.7. The third-order valence-corrected chi connectivity index (χ3v) is 5.42. The van der Waals surface area contributed by atoms with E-state index in [1.54, 1.807) is 9.80 Å². The molecule has 0 aliphatic carbocycles. The number of carbonyl (C=O) groups excluding carboxylic acids is 2. The number of benzene rings is 2. The molecule has 1 fully saturated rings. The van der Waals surface area contributed by atoms with Gasteiger partial charge in [0.05, 0.1) is 12.2 Å². The van der Waals surface area contributed by atoms with E-state index in [0.717, 1.165) is 23.4 Å². The Balaban J connectivity index is 1.45. The molecule has 1 saturated heterocycles. The Morgan fingerprint density at radius 1 is 0.906 bits per heavy atom. The van der Waals surface area contributed by atoms with E-state index in [4.69, 9.17) is 4.74 Å². The molecular formula is C24H27F3N2O3. The van der Waals surface area contributed by atoms with Crippen molar-refractivity contribution in [3.63, 3.8) is 0 Å². The van der Waals surface area contributed by atoms with Gasteiger partial charge in [-0.25, -0.2) is 0 Å². The summed E-state index contributed by atoms with van der Waals surface area (Å²) in [6.07, 6.45) is -2.86. The minimum Gasteiger partial charge on any atom is -0.494 e. The molecule has 0 bridgehead atoms. The van der Waals surface area contributed by atoms with E-state index >= 15 is 0 Å². The Labute approximate surface area is 185 Å². The molecule has 5 nitrogen and oxygen atoms in total. The van der Waals surface area contributed by atoms with Crippen molar-refractivity contribution in [3.8, 4) is 5.75 Å².